The Morgan fingerprint density at radius 2 is 0.362 bits per heavy atom. The molecule has 322 valence electrons. The molecule has 0 bridgehead atoms. The van der Waals surface area contributed by atoms with Crippen LogP contribution in [0, 0.1) is 0 Å². The van der Waals surface area contributed by atoms with Gasteiger partial charge in [-0.15, -0.1) is 11.3 Å². The minimum atomic E-state index is 1.21. The van der Waals surface area contributed by atoms with E-state index in [0.29, 0.717) is 0 Å². The van der Waals surface area contributed by atoms with E-state index in [1.165, 1.54) is 131 Å². The van der Waals surface area contributed by atoms with Gasteiger partial charge in [-0.25, -0.2) is 0 Å². The van der Waals surface area contributed by atoms with Crippen LogP contribution >= 0.6 is 11.3 Å². The molecule has 0 aliphatic carbocycles. The number of hydrogen-bond donors (Lipinski definition) is 0. The molecular weight excluding hydrogens is 849 g/mol. The summed E-state index contributed by atoms with van der Waals surface area (Å²) < 4.78 is 0. The van der Waals surface area contributed by atoms with E-state index < -0.39 is 0 Å². The first-order chi connectivity index (χ1) is 34.2. The molecule has 0 amide bonds. The Kier molecular flexibility index (Phi) is 10.1. The van der Waals surface area contributed by atoms with Crippen LogP contribution in [-0.4, -0.2) is 0 Å². The Hall–Kier alpha value is -8.62. The molecule has 0 saturated carbocycles. The summed E-state index contributed by atoms with van der Waals surface area (Å²) in [6.07, 6.45) is 0. The first-order valence-corrected chi connectivity index (χ1v) is 24.6. The van der Waals surface area contributed by atoms with Crippen molar-refractivity contribution in [1.82, 2.24) is 0 Å². The average Bonchev–Trinajstić information content (AvgIpc) is 3.91. The topological polar surface area (TPSA) is 0 Å². The maximum Gasteiger partial charge on any atom is 0.0361 e. The fraction of sp³-hybridized carbons (Fsp3) is 0. The lowest BCUT2D eigenvalue weighted by atomic mass is 9.85. The number of rotatable bonds is 8. The van der Waals surface area contributed by atoms with E-state index in [4.69, 9.17) is 0 Å². The second-order valence-electron chi connectivity index (χ2n) is 17.9. The second-order valence-corrected chi connectivity index (χ2v) is 19.0. The highest BCUT2D eigenvalue weighted by atomic mass is 32.1. The third kappa shape index (κ3) is 7.24. The molecule has 13 rings (SSSR count). The zero-order chi connectivity index (χ0) is 45.7. The predicted octanol–water partition coefficient (Wildman–Crippen LogP) is 19.7. The van der Waals surface area contributed by atoms with Crippen molar-refractivity contribution >= 4 is 54.4 Å². The summed E-state index contributed by atoms with van der Waals surface area (Å²) in [5.41, 5.74) is 17.2. The van der Waals surface area contributed by atoms with Gasteiger partial charge in [-0.05, 0) is 158 Å². The number of thiophene rings is 1. The van der Waals surface area contributed by atoms with Crippen molar-refractivity contribution in [2.45, 2.75) is 0 Å². The van der Waals surface area contributed by atoms with Crippen LogP contribution < -0.4 is 0 Å². The lowest BCUT2D eigenvalue weighted by Gasteiger charge is -2.19. The summed E-state index contributed by atoms with van der Waals surface area (Å²) in [5.74, 6) is 0. The Morgan fingerprint density at radius 3 is 0.609 bits per heavy atom. The van der Waals surface area contributed by atoms with Gasteiger partial charge in [0.05, 0.1) is 0 Å². The fourth-order valence-corrected chi connectivity index (χ4v) is 11.9. The van der Waals surface area contributed by atoms with Crippen molar-refractivity contribution in [2.24, 2.45) is 0 Å². The van der Waals surface area contributed by atoms with Gasteiger partial charge in [0, 0.05) is 20.9 Å². The summed E-state index contributed by atoms with van der Waals surface area (Å²) in [6.45, 7) is 0. The van der Waals surface area contributed by atoms with Crippen LogP contribution in [0.3, 0.4) is 0 Å². The fourth-order valence-electron chi connectivity index (χ4n) is 10.7. The van der Waals surface area contributed by atoms with Crippen LogP contribution in [0.5, 0.6) is 0 Å². The molecule has 69 heavy (non-hydrogen) atoms. The lowest BCUT2D eigenvalue weighted by molar-refractivity contribution is 1.58. The first-order valence-electron chi connectivity index (χ1n) is 23.7. The molecule has 0 aliphatic heterocycles. The Balaban J connectivity index is 1.01. The van der Waals surface area contributed by atoms with Crippen LogP contribution in [-0.2, 0) is 0 Å². The third-order valence-electron chi connectivity index (χ3n) is 13.8. The smallest absolute Gasteiger partial charge is 0.0361 e. The molecule has 0 nitrogen and oxygen atoms in total. The monoisotopic (exact) mass is 892 g/mol. The van der Waals surface area contributed by atoms with Crippen molar-refractivity contribution in [1.29, 1.82) is 0 Å². The van der Waals surface area contributed by atoms with Crippen LogP contribution in [0.15, 0.2) is 267 Å². The summed E-state index contributed by atoms with van der Waals surface area (Å²) in [6, 6.07) is 98.3. The number of fused-ring (bicyclic) bond motifs is 4. The molecular formula is C68H44S. The van der Waals surface area contributed by atoms with E-state index in [2.05, 4.69) is 267 Å². The molecule has 13 aromatic rings. The zero-order valence-corrected chi connectivity index (χ0v) is 38.6. The largest absolute Gasteiger partial charge is 0.135 e. The number of hydrogen-bond acceptors (Lipinski definition) is 1. The van der Waals surface area contributed by atoms with E-state index in [9.17, 15) is 0 Å². The molecule has 0 N–H and O–H groups in total. The molecule has 12 aromatic carbocycles. The molecule has 0 aliphatic rings. The van der Waals surface area contributed by atoms with Gasteiger partial charge >= 0.3 is 0 Å². The minimum absolute atomic E-state index is 1.21. The standard InChI is InChI=1S/C68H44S/c1-5-21-45(22-6-1)49-39-50(46-23-7-2-8-24-46)42-53(41-49)65-55-29-13-17-33-59(55)67(60-34-18-14-30-56(60)65)63-37-38-64(69-63)68-61-35-19-15-31-57(61)66(58-32-16-20-36-62(58)68)54-43-51(47-25-9-3-10-26-47)40-52(44-54)48-27-11-4-12-28-48/h1-44H. The Bertz CT molecular complexity index is 3540. The van der Waals surface area contributed by atoms with E-state index in [-0.39, 0.29) is 0 Å². The van der Waals surface area contributed by atoms with Gasteiger partial charge in [0.2, 0.25) is 0 Å². The molecule has 0 unspecified atom stereocenters. The lowest BCUT2D eigenvalue weighted by Crippen LogP contribution is -1.92. The Morgan fingerprint density at radius 1 is 0.159 bits per heavy atom. The summed E-state index contributed by atoms with van der Waals surface area (Å²) >= 11 is 1.90. The molecule has 1 heteroatoms. The third-order valence-corrected chi connectivity index (χ3v) is 15.0. The minimum Gasteiger partial charge on any atom is -0.135 e. The van der Waals surface area contributed by atoms with Crippen molar-refractivity contribution in [3.63, 3.8) is 0 Å². The van der Waals surface area contributed by atoms with Gasteiger partial charge in [0.15, 0.2) is 0 Å². The molecule has 0 fully saturated rings. The maximum absolute atomic E-state index is 2.39. The summed E-state index contributed by atoms with van der Waals surface area (Å²) in [7, 11) is 0. The summed E-state index contributed by atoms with van der Waals surface area (Å²) in [4.78, 5) is 2.51. The van der Waals surface area contributed by atoms with Gasteiger partial charge in [-0.3, -0.25) is 0 Å². The van der Waals surface area contributed by atoms with Crippen molar-refractivity contribution in [3.8, 4) is 87.6 Å². The van der Waals surface area contributed by atoms with Crippen molar-refractivity contribution in [3.05, 3.63) is 267 Å². The van der Waals surface area contributed by atoms with Crippen LogP contribution in [0.25, 0.3) is 131 Å². The van der Waals surface area contributed by atoms with Gasteiger partial charge in [0.25, 0.3) is 0 Å². The van der Waals surface area contributed by atoms with Crippen LogP contribution in [0.4, 0.5) is 0 Å². The SMILES string of the molecule is c1ccc(-c2cc(-c3ccccc3)cc(-c3c4ccccc4c(-c4ccc(-c5c6ccccc6c(-c6cc(-c7ccccc7)cc(-c7ccccc7)c6)c6ccccc56)s4)c4ccccc34)c2)cc1. The van der Waals surface area contributed by atoms with Crippen LogP contribution in [0.1, 0.15) is 0 Å². The van der Waals surface area contributed by atoms with Gasteiger partial charge in [-0.1, -0.05) is 218 Å². The average molecular weight is 893 g/mol. The van der Waals surface area contributed by atoms with Crippen molar-refractivity contribution in [2.75, 3.05) is 0 Å². The maximum atomic E-state index is 2.39. The molecule has 0 spiro atoms. The van der Waals surface area contributed by atoms with E-state index in [0.717, 1.165) is 0 Å². The highest BCUT2D eigenvalue weighted by Gasteiger charge is 2.22. The number of benzene rings is 12. The second kappa shape index (κ2) is 17.2. The molecule has 1 aromatic heterocycles. The van der Waals surface area contributed by atoms with E-state index in [1.807, 2.05) is 11.3 Å². The highest BCUT2D eigenvalue weighted by molar-refractivity contribution is 7.19. The molecule has 0 atom stereocenters. The zero-order valence-electron chi connectivity index (χ0n) is 37.8. The van der Waals surface area contributed by atoms with E-state index in [1.54, 1.807) is 0 Å². The van der Waals surface area contributed by atoms with E-state index >= 15 is 0 Å². The quantitative estimate of drug-likeness (QED) is 0.133. The normalized spacial score (nSPS) is 11.5. The van der Waals surface area contributed by atoms with Crippen molar-refractivity contribution < 1.29 is 0 Å². The van der Waals surface area contributed by atoms with Crippen LogP contribution in [0.2, 0.25) is 0 Å². The predicted molar refractivity (Wildman–Crippen MR) is 298 cm³/mol. The summed E-state index contributed by atoms with van der Waals surface area (Å²) in [5, 5.41) is 10.0. The van der Waals surface area contributed by atoms with Gasteiger partial charge in [0.1, 0.15) is 0 Å². The molecule has 1 heterocycles. The Labute approximate surface area is 406 Å². The highest BCUT2D eigenvalue weighted by Crippen LogP contribution is 2.51. The molecule has 0 radical (unpaired) electrons. The first kappa shape index (κ1) is 40.6. The van der Waals surface area contributed by atoms with Gasteiger partial charge < -0.3 is 0 Å². The molecule has 0 saturated heterocycles. The van der Waals surface area contributed by atoms with Gasteiger partial charge in [-0.2, -0.15) is 0 Å².